The quantitative estimate of drug-likeness (QED) is 0.517. The number of aromatic hydroxyl groups is 1. The van der Waals surface area contributed by atoms with Crippen molar-refractivity contribution in [2.75, 3.05) is 0 Å². The number of aromatic nitrogens is 3. The average molecular weight is 295 g/mol. The van der Waals surface area contributed by atoms with E-state index in [0.29, 0.717) is 21.8 Å². The second kappa shape index (κ2) is 4.00. The molecule has 0 amide bonds. The van der Waals surface area contributed by atoms with Crippen molar-refractivity contribution in [1.29, 1.82) is 0 Å². The summed E-state index contributed by atoms with van der Waals surface area (Å²) in [5.41, 5.74) is 0.428. The van der Waals surface area contributed by atoms with Crippen molar-refractivity contribution in [3.63, 3.8) is 0 Å². The van der Waals surface area contributed by atoms with Gasteiger partial charge in [-0.1, -0.05) is 24.3 Å². The normalized spacial score (nSPS) is 11.7. The van der Waals surface area contributed by atoms with Gasteiger partial charge in [0.2, 0.25) is 0 Å². The zero-order chi connectivity index (χ0) is 15.6. The lowest BCUT2D eigenvalue weighted by atomic mass is 10.1. The first kappa shape index (κ1) is 12.7. The third-order valence-corrected chi connectivity index (χ3v) is 4.20. The minimum Gasteiger partial charge on any atom is -0.507 e. The van der Waals surface area contributed by atoms with Gasteiger partial charge in [-0.15, -0.1) is 0 Å². The number of fused-ring (bicyclic) bond motifs is 5. The number of nitrogens with one attached hydrogen (secondary N) is 1. The Kier molecular flexibility index (Phi) is 2.31. The highest BCUT2D eigenvalue weighted by molar-refractivity contribution is 6.17. The summed E-state index contributed by atoms with van der Waals surface area (Å²) >= 11 is 0. The molecule has 22 heavy (non-hydrogen) atoms. The summed E-state index contributed by atoms with van der Waals surface area (Å²) in [5, 5.41) is 12.8. The van der Waals surface area contributed by atoms with Gasteiger partial charge in [-0.25, -0.2) is 4.79 Å². The van der Waals surface area contributed by atoms with E-state index in [-0.39, 0.29) is 11.3 Å². The lowest BCUT2D eigenvalue weighted by Gasteiger charge is -2.03. The Morgan fingerprint density at radius 1 is 1.00 bits per heavy atom. The predicted octanol–water partition coefficient (Wildman–Crippen LogP) is 1.58. The molecule has 0 fully saturated rings. The minimum atomic E-state index is -0.391. The fourth-order valence-corrected chi connectivity index (χ4v) is 3.04. The van der Waals surface area contributed by atoms with Gasteiger partial charge in [-0.2, -0.15) is 0 Å². The Labute approximate surface area is 123 Å². The number of hydrogen-bond donors (Lipinski definition) is 2. The van der Waals surface area contributed by atoms with Gasteiger partial charge in [0.25, 0.3) is 5.56 Å². The van der Waals surface area contributed by atoms with Gasteiger partial charge in [-0.3, -0.25) is 13.9 Å². The van der Waals surface area contributed by atoms with Crippen molar-refractivity contribution in [1.82, 2.24) is 14.1 Å². The van der Waals surface area contributed by atoms with Crippen molar-refractivity contribution in [3.8, 4) is 5.75 Å². The molecule has 2 heterocycles. The van der Waals surface area contributed by atoms with Crippen LogP contribution in [0.1, 0.15) is 0 Å². The standard InChI is InChI=1S/C16H13N3O3/c1-18-14-12(15(21)19(2)16(18)22)10-7-11(20)8-5-3-4-6-9(8)13(10)17-14/h3-7,17,20H,1-2H3. The topological polar surface area (TPSA) is 80.0 Å². The van der Waals surface area contributed by atoms with Gasteiger partial charge in [0.15, 0.2) is 0 Å². The monoisotopic (exact) mass is 295 g/mol. The molecular weight excluding hydrogens is 282 g/mol. The number of rotatable bonds is 0. The van der Waals surface area contributed by atoms with Crippen molar-refractivity contribution in [2.45, 2.75) is 0 Å². The van der Waals surface area contributed by atoms with Gasteiger partial charge in [0.1, 0.15) is 11.4 Å². The van der Waals surface area contributed by atoms with Crippen LogP contribution >= 0.6 is 0 Å². The van der Waals surface area contributed by atoms with E-state index < -0.39 is 5.69 Å². The zero-order valence-electron chi connectivity index (χ0n) is 12.0. The van der Waals surface area contributed by atoms with Gasteiger partial charge in [0, 0.05) is 30.3 Å². The number of H-pyrrole nitrogens is 1. The Morgan fingerprint density at radius 3 is 2.41 bits per heavy atom. The van der Waals surface area contributed by atoms with E-state index in [1.807, 2.05) is 24.3 Å². The molecule has 0 aliphatic carbocycles. The molecule has 2 aromatic carbocycles. The number of aryl methyl sites for hydroxylation is 1. The first-order valence-electron chi connectivity index (χ1n) is 6.83. The fourth-order valence-electron chi connectivity index (χ4n) is 3.04. The average Bonchev–Trinajstić information content (AvgIpc) is 2.91. The van der Waals surface area contributed by atoms with Crippen molar-refractivity contribution in [2.24, 2.45) is 14.1 Å². The van der Waals surface area contributed by atoms with Crippen LogP contribution in [0.4, 0.5) is 0 Å². The molecule has 0 radical (unpaired) electrons. The molecule has 4 aromatic rings. The highest BCUT2D eigenvalue weighted by Crippen LogP contribution is 2.34. The lowest BCUT2D eigenvalue weighted by Crippen LogP contribution is -2.36. The molecule has 4 rings (SSSR count). The van der Waals surface area contributed by atoms with Crippen LogP contribution in [0.15, 0.2) is 39.9 Å². The van der Waals surface area contributed by atoms with Crippen LogP contribution in [0.3, 0.4) is 0 Å². The summed E-state index contributed by atoms with van der Waals surface area (Å²) in [6, 6.07) is 8.96. The van der Waals surface area contributed by atoms with E-state index in [4.69, 9.17) is 0 Å². The second-order valence-corrected chi connectivity index (χ2v) is 5.42. The SMILES string of the molecule is Cn1c(=O)c2c3cc(O)c4ccccc4c3[nH]c2n(C)c1=O. The van der Waals surface area contributed by atoms with Crippen LogP contribution in [0, 0.1) is 0 Å². The van der Waals surface area contributed by atoms with Gasteiger partial charge < -0.3 is 10.1 Å². The third kappa shape index (κ3) is 1.38. The van der Waals surface area contributed by atoms with Crippen LogP contribution in [-0.2, 0) is 14.1 Å². The highest BCUT2D eigenvalue weighted by Gasteiger charge is 2.17. The van der Waals surface area contributed by atoms with E-state index in [9.17, 15) is 14.7 Å². The molecule has 0 aliphatic heterocycles. The van der Waals surface area contributed by atoms with E-state index in [2.05, 4.69) is 4.98 Å². The first-order chi connectivity index (χ1) is 10.5. The molecule has 110 valence electrons. The molecule has 0 saturated heterocycles. The summed E-state index contributed by atoms with van der Waals surface area (Å²) in [4.78, 5) is 27.7. The summed E-state index contributed by atoms with van der Waals surface area (Å²) in [7, 11) is 3.06. The molecule has 0 atom stereocenters. The maximum atomic E-state index is 12.5. The highest BCUT2D eigenvalue weighted by atomic mass is 16.3. The fraction of sp³-hybridized carbons (Fsp3) is 0.125. The molecule has 0 bridgehead atoms. The van der Waals surface area contributed by atoms with Crippen LogP contribution in [0.2, 0.25) is 0 Å². The van der Waals surface area contributed by atoms with Crippen LogP contribution in [0.5, 0.6) is 5.75 Å². The number of phenols is 1. The van der Waals surface area contributed by atoms with Crippen molar-refractivity contribution < 1.29 is 5.11 Å². The molecule has 0 saturated carbocycles. The van der Waals surface area contributed by atoms with Crippen molar-refractivity contribution in [3.05, 3.63) is 51.2 Å². The van der Waals surface area contributed by atoms with E-state index >= 15 is 0 Å². The number of hydrogen-bond acceptors (Lipinski definition) is 3. The zero-order valence-corrected chi connectivity index (χ0v) is 12.0. The Hall–Kier alpha value is -3.02. The van der Waals surface area contributed by atoms with E-state index in [0.717, 1.165) is 15.5 Å². The molecule has 6 heteroatoms. The number of phenolic OH excluding ortho intramolecular Hbond substituents is 1. The molecular formula is C16H13N3O3. The van der Waals surface area contributed by atoms with Crippen LogP contribution < -0.4 is 11.2 Å². The second-order valence-electron chi connectivity index (χ2n) is 5.42. The summed E-state index contributed by atoms with van der Waals surface area (Å²) in [5.74, 6) is 0.111. The summed E-state index contributed by atoms with van der Waals surface area (Å²) < 4.78 is 2.48. The Morgan fingerprint density at radius 2 is 1.68 bits per heavy atom. The Bertz CT molecular complexity index is 1190. The molecule has 6 nitrogen and oxygen atoms in total. The smallest absolute Gasteiger partial charge is 0.332 e. The molecule has 0 unspecified atom stereocenters. The largest absolute Gasteiger partial charge is 0.507 e. The molecule has 2 N–H and O–H groups in total. The molecule has 0 spiro atoms. The maximum Gasteiger partial charge on any atom is 0.332 e. The third-order valence-electron chi connectivity index (χ3n) is 4.20. The van der Waals surface area contributed by atoms with Gasteiger partial charge in [-0.05, 0) is 6.07 Å². The Balaban J connectivity index is 2.43. The predicted molar refractivity (Wildman–Crippen MR) is 85.5 cm³/mol. The number of benzene rings is 2. The van der Waals surface area contributed by atoms with E-state index in [1.165, 1.54) is 11.6 Å². The minimum absolute atomic E-state index is 0.111. The maximum absolute atomic E-state index is 12.5. The van der Waals surface area contributed by atoms with Crippen LogP contribution in [0.25, 0.3) is 32.7 Å². The summed E-state index contributed by atoms with van der Waals surface area (Å²) in [6.45, 7) is 0. The van der Waals surface area contributed by atoms with Gasteiger partial charge in [0.05, 0.1) is 10.9 Å². The molecule has 0 aliphatic rings. The number of nitrogens with zero attached hydrogens (tertiary/aromatic N) is 2. The van der Waals surface area contributed by atoms with Crippen LogP contribution in [-0.4, -0.2) is 19.2 Å². The molecule has 2 aromatic heterocycles. The first-order valence-corrected chi connectivity index (χ1v) is 6.83. The number of aromatic amines is 1. The lowest BCUT2D eigenvalue weighted by molar-refractivity contribution is 0.482. The van der Waals surface area contributed by atoms with E-state index in [1.54, 1.807) is 13.1 Å². The van der Waals surface area contributed by atoms with Gasteiger partial charge >= 0.3 is 5.69 Å². The van der Waals surface area contributed by atoms with Crippen molar-refractivity contribution >= 4 is 32.7 Å². The summed E-state index contributed by atoms with van der Waals surface area (Å²) in [6.07, 6.45) is 0.